The van der Waals surface area contributed by atoms with Gasteiger partial charge in [0, 0.05) is 30.2 Å². The van der Waals surface area contributed by atoms with E-state index < -0.39 is 42.3 Å². The predicted molar refractivity (Wildman–Crippen MR) is 115 cm³/mol. The number of nitrogens with zero attached hydrogens (tertiary/aromatic N) is 2. The van der Waals surface area contributed by atoms with Gasteiger partial charge in [-0.2, -0.15) is 4.98 Å². The highest BCUT2D eigenvalue weighted by Gasteiger charge is 2.46. The van der Waals surface area contributed by atoms with E-state index in [0.717, 1.165) is 15.5 Å². The van der Waals surface area contributed by atoms with Crippen LogP contribution >= 0.6 is 0 Å². The number of para-hydroxylation sites is 1. The first-order chi connectivity index (χ1) is 15.3. The molecule has 1 aliphatic rings. The van der Waals surface area contributed by atoms with E-state index in [1.807, 2.05) is 30.3 Å². The maximum absolute atomic E-state index is 14.5. The molecule has 3 heterocycles. The Morgan fingerprint density at radius 3 is 2.88 bits per heavy atom. The van der Waals surface area contributed by atoms with Gasteiger partial charge < -0.3 is 25.3 Å². The maximum Gasteiger partial charge on any atom is 0.351 e. The average Bonchev–Trinajstić information content (AvgIpc) is 3.34. The van der Waals surface area contributed by atoms with E-state index in [-0.39, 0.29) is 18.7 Å². The van der Waals surface area contributed by atoms with Crippen LogP contribution in [-0.4, -0.2) is 55.1 Å². The number of halogens is 1. The number of anilines is 1. The Morgan fingerprint density at radius 1 is 1.47 bits per heavy atom. The van der Waals surface area contributed by atoms with Crippen molar-refractivity contribution < 1.29 is 24.1 Å². The Bertz CT molecular complexity index is 1180. The van der Waals surface area contributed by atoms with Crippen LogP contribution in [0.25, 0.3) is 10.9 Å². The number of benzene rings is 1. The summed E-state index contributed by atoms with van der Waals surface area (Å²) in [6, 6.07) is 9.78. The number of H-pyrrole nitrogens is 1. The summed E-state index contributed by atoms with van der Waals surface area (Å²) < 4.78 is 21.0. The minimum Gasteiger partial charge on any atom is -0.480 e. The molecule has 4 N–H and O–H groups in total. The molecule has 2 aromatic heterocycles. The highest BCUT2D eigenvalue weighted by Crippen LogP contribution is 2.38. The molecule has 168 valence electrons. The highest BCUT2D eigenvalue weighted by molar-refractivity contribution is 5.81. The van der Waals surface area contributed by atoms with Crippen molar-refractivity contribution in [3.63, 3.8) is 0 Å². The Balaban J connectivity index is 1.52. The normalized spacial score (nSPS) is 23.8. The summed E-state index contributed by atoms with van der Waals surface area (Å²) in [6.07, 6.45) is -0.229. The second-order valence-corrected chi connectivity index (χ2v) is 7.78. The van der Waals surface area contributed by atoms with Crippen molar-refractivity contribution in [3.8, 4) is 0 Å². The largest absolute Gasteiger partial charge is 0.480 e. The number of alkyl halides is 1. The Morgan fingerprint density at radius 2 is 2.25 bits per heavy atom. The van der Waals surface area contributed by atoms with Gasteiger partial charge >= 0.3 is 11.7 Å². The first-order valence-electron chi connectivity index (χ1n) is 10.1. The number of fused-ring (bicyclic) bond motifs is 1. The summed E-state index contributed by atoms with van der Waals surface area (Å²) in [4.78, 5) is 31.3. The second-order valence-electron chi connectivity index (χ2n) is 7.78. The second kappa shape index (κ2) is 8.56. The van der Waals surface area contributed by atoms with Gasteiger partial charge in [-0.1, -0.05) is 24.3 Å². The van der Waals surface area contributed by atoms with Crippen LogP contribution in [0, 0.1) is 0 Å². The number of aromatic amines is 1. The summed E-state index contributed by atoms with van der Waals surface area (Å²) in [7, 11) is 0. The molecule has 3 aromatic rings. The summed E-state index contributed by atoms with van der Waals surface area (Å²) in [6.45, 7) is 3.09. The van der Waals surface area contributed by atoms with Crippen molar-refractivity contribution >= 4 is 22.7 Å². The molecule has 0 aliphatic carbocycles. The minimum atomic E-state index is -1.55. The zero-order chi connectivity index (χ0) is 22.9. The molecule has 9 nitrogen and oxygen atoms in total. The lowest BCUT2D eigenvalue weighted by Gasteiger charge is -2.23. The van der Waals surface area contributed by atoms with Gasteiger partial charge in [0.15, 0.2) is 6.23 Å². The zero-order valence-electron chi connectivity index (χ0n) is 17.1. The molecule has 1 fully saturated rings. The maximum atomic E-state index is 14.5. The monoisotopic (exact) mass is 442 g/mol. The lowest BCUT2D eigenvalue weighted by atomic mass is 10.0. The van der Waals surface area contributed by atoms with Gasteiger partial charge in [-0.15, -0.1) is 6.58 Å². The van der Waals surface area contributed by atoms with Crippen LogP contribution in [-0.2, 0) is 16.0 Å². The summed E-state index contributed by atoms with van der Waals surface area (Å²) in [5.41, 5.74) is -0.476. The van der Waals surface area contributed by atoms with Crippen molar-refractivity contribution in [1.29, 1.82) is 0 Å². The van der Waals surface area contributed by atoms with E-state index in [1.165, 1.54) is 18.3 Å². The van der Waals surface area contributed by atoms with Gasteiger partial charge in [-0.05, 0) is 23.6 Å². The fourth-order valence-electron chi connectivity index (χ4n) is 3.85. The molecule has 0 bridgehead atoms. The van der Waals surface area contributed by atoms with Crippen molar-refractivity contribution in [2.24, 2.45) is 0 Å². The number of hydrogen-bond acceptors (Lipinski definition) is 6. The third kappa shape index (κ3) is 4.14. The van der Waals surface area contributed by atoms with Gasteiger partial charge in [0.2, 0.25) is 0 Å². The lowest BCUT2D eigenvalue weighted by molar-refractivity contribution is -0.137. The number of aromatic nitrogens is 3. The van der Waals surface area contributed by atoms with Crippen molar-refractivity contribution in [2.45, 2.75) is 36.9 Å². The van der Waals surface area contributed by atoms with Gasteiger partial charge in [-0.3, -0.25) is 4.57 Å². The smallest absolute Gasteiger partial charge is 0.351 e. The van der Waals surface area contributed by atoms with Crippen LogP contribution in [0.4, 0.5) is 10.2 Å². The number of carboxylic acid groups (broad SMARTS) is 1. The van der Waals surface area contributed by atoms with Crippen LogP contribution in [0.5, 0.6) is 0 Å². The molecule has 0 spiro atoms. The Kier molecular flexibility index (Phi) is 5.81. The van der Waals surface area contributed by atoms with Gasteiger partial charge in [0.25, 0.3) is 0 Å². The molecule has 1 saturated heterocycles. The van der Waals surface area contributed by atoms with Crippen molar-refractivity contribution in [2.75, 3.05) is 11.9 Å². The minimum absolute atomic E-state index is 0.0420. The van der Waals surface area contributed by atoms with E-state index in [1.54, 1.807) is 0 Å². The van der Waals surface area contributed by atoms with Crippen LogP contribution in [0.3, 0.4) is 0 Å². The van der Waals surface area contributed by atoms with Gasteiger partial charge in [-0.25, -0.2) is 14.0 Å². The molecular formula is C22H23FN4O5. The predicted octanol–water partition coefficient (Wildman–Crippen LogP) is 2.01. The summed E-state index contributed by atoms with van der Waals surface area (Å²) >= 11 is 0. The first-order valence-corrected chi connectivity index (χ1v) is 10.1. The van der Waals surface area contributed by atoms with E-state index in [4.69, 9.17) is 4.74 Å². The fourth-order valence-corrected chi connectivity index (χ4v) is 3.85. The molecule has 1 aromatic carbocycles. The molecule has 4 unspecified atom stereocenters. The van der Waals surface area contributed by atoms with Crippen molar-refractivity contribution in [1.82, 2.24) is 14.5 Å². The van der Waals surface area contributed by atoms with E-state index >= 15 is 0 Å². The number of carboxylic acids is 1. The van der Waals surface area contributed by atoms with Crippen LogP contribution in [0.1, 0.15) is 18.3 Å². The third-order valence-corrected chi connectivity index (χ3v) is 5.58. The molecule has 0 radical (unpaired) electrons. The molecule has 4 atom stereocenters. The van der Waals surface area contributed by atoms with E-state index in [9.17, 15) is 24.2 Å². The number of rotatable bonds is 8. The number of ether oxygens (including phenoxy) is 1. The quantitative estimate of drug-likeness (QED) is 0.393. The number of carbonyl (C=O) groups is 1. The summed E-state index contributed by atoms with van der Waals surface area (Å²) in [5.74, 6) is -1.07. The molecule has 4 rings (SSSR count). The fraction of sp³-hybridized carbons (Fsp3) is 0.318. The molecular weight excluding hydrogens is 419 g/mol. The van der Waals surface area contributed by atoms with Crippen LogP contribution in [0.15, 0.2) is 60.0 Å². The van der Waals surface area contributed by atoms with Crippen LogP contribution in [0.2, 0.25) is 0 Å². The van der Waals surface area contributed by atoms with Gasteiger partial charge in [0.1, 0.15) is 23.6 Å². The molecule has 10 heteroatoms. The lowest BCUT2D eigenvalue weighted by Crippen LogP contribution is -2.35. The topological polar surface area (TPSA) is 129 Å². The number of aliphatic hydroxyl groups is 1. The highest BCUT2D eigenvalue weighted by atomic mass is 19.1. The number of hydrogen-bond donors (Lipinski definition) is 4. The van der Waals surface area contributed by atoms with E-state index in [0.29, 0.717) is 5.69 Å². The standard InChI is InChI=1S/C22H23FN4O5/c1-2-22(12-28)11-15(23)19(32-22)27-8-7-18(26-21(27)31)25-17(20(29)30)10-14-9-13-5-3-4-6-16(13)24-14/h2-9,15,17,19,24,28H,1,10-12H2,(H,29,30)(H,25,26,31). The number of aliphatic hydroxyl groups excluding tert-OH is 1. The number of aliphatic carboxylic acids is 1. The summed E-state index contributed by atoms with van der Waals surface area (Å²) in [5, 5.41) is 22.8. The third-order valence-electron chi connectivity index (χ3n) is 5.58. The zero-order valence-corrected chi connectivity index (χ0v) is 17.1. The van der Waals surface area contributed by atoms with Gasteiger partial charge in [0.05, 0.1) is 6.61 Å². The molecule has 32 heavy (non-hydrogen) atoms. The Hall–Kier alpha value is -3.50. The van der Waals surface area contributed by atoms with Crippen LogP contribution < -0.4 is 11.0 Å². The van der Waals surface area contributed by atoms with E-state index in [2.05, 4.69) is 21.9 Å². The first kappa shape index (κ1) is 21.7. The average molecular weight is 442 g/mol. The molecule has 0 amide bonds. The number of nitrogens with one attached hydrogen (secondary N) is 2. The SMILES string of the molecule is C=CC1(CO)CC(F)C(n2ccc(NC(Cc3cc4ccccc4[nH]3)C(=O)O)nc2=O)O1. The van der Waals surface area contributed by atoms with Crippen molar-refractivity contribution in [3.05, 3.63) is 71.4 Å². The Labute approximate surface area is 182 Å². The molecule has 1 aliphatic heterocycles. The molecule has 0 saturated carbocycles.